The van der Waals surface area contributed by atoms with Crippen LogP contribution in [0.15, 0.2) is 48.8 Å². The van der Waals surface area contributed by atoms with Crippen LogP contribution in [0.2, 0.25) is 5.02 Å². The molecule has 2 aromatic carbocycles. The quantitative estimate of drug-likeness (QED) is 0.313. The number of amides is 1. The van der Waals surface area contributed by atoms with E-state index in [0.29, 0.717) is 60.1 Å². The molecular formula is C27H27ClFN5O5. The fourth-order valence-electron chi connectivity index (χ4n) is 4.35. The summed E-state index contributed by atoms with van der Waals surface area (Å²) in [5.41, 5.74) is 1.87. The van der Waals surface area contributed by atoms with Gasteiger partial charge in [0.05, 0.1) is 36.0 Å². The molecule has 2 fully saturated rings. The number of morpholine rings is 1. The van der Waals surface area contributed by atoms with Crippen molar-refractivity contribution >= 4 is 51.6 Å². The first kappa shape index (κ1) is 26.6. The highest BCUT2D eigenvalue weighted by Gasteiger charge is 2.26. The van der Waals surface area contributed by atoms with Gasteiger partial charge in [-0.05, 0) is 31.2 Å². The van der Waals surface area contributed by atoms with E-state index in [2.05, 4.69) is 20.6 Å². The van der Waals surface area contributed by atoms with Crippen molar-refractivity contribution in [2.24, 2.45) is 0 Å². The molecule has 2 unspecified atom stereocenters. The Hall–Kier alpha value is -3.96. The van der Waals surface area contributed by atoms with Crippen LogP contribution in [0.5, 0.6) is 5.75 Å². The standard InChI is InChI=1S/C27H27ClFN5O5/c1-16-12-34(13-26(36)38-16)25(35)3-2-7-30-23-10-19-22(11-24(23)39-18-6-8-37-14-18)31-15-32-27(19)33-17-4-5-21(29)20(28)9-17/h2-5,9-11,15-16,18,30H,6-8,12-14H2,1H3,(H,31,32,33). The molecule has 0 spiro atoms. The molecule has 3 heterocycles. The summed E-state index contributed by atoms with van der Waals surface area (Å²) in [6.45, 7) is 3.46. The van der Waals surface area contributed by atoms with Crippen molar-refractivity contribution in [1.82, 2.24) is 14.9 Å². The van der Waals surface area contributed by atoms with E-state index in [4.69, 9.17) is 25.8 Å². The molecule has 1 amide bonds. The van der Waals surface area contributed by atoms with Gasteiger partial charge in [-0.15, -0.1) is 0 Å². The zero-order valence-corrected chi connectivity index (χ0v) is 21.9. The molecule has 1 aromatic heterocycles. The van der Waals surface area contributed by atoms with E-state index in [0.717, 1.165) is 6.42 Å². The van der Waals surface area contributed by atoms with E-state index in [1.165, 1.54) is 29.4 Å². The predicted octanol–water partition coefficient (Wildman–Crippen LogP) is 4.08. The molecule has 0 saturated carbocycles. The molecule has 10 nitrogen and oxygen atoms in total. The zero-order chi connectivity index (χ0) is 27.4. The number of ether oxygens (including phenoxy) is 3. The number of benzene rings is 2. The molecule has 5 rings (SSSR count). The smallest absolute Gasteiger partial charge is 0.325 e. The Morgan fingerprint density at radius 2 is 2.18 bits per heavy atom. The average Bonchev–Trinajstić information content (AvgIpc) is 3.41. The van der Waals surface area contributed by atoms with E-state index < -0.39 is 11.8 Å². The fourth-order valence-corrected chi connectivity index (χ4v) is 4.53. The summed E-state index contributed by atoms with van der Waals surface area (Å²) < 4.78 is 30.4. The molecule has 0 aliphatic carbocycles. The Kier molecular flexibility index (Phi) is 8.08. The highest BCUT2D eigenvalue weighted by Crippen LogP contribution is 2.35. The van der Waals surface area contributed by atoms with Gasteiger partial charge in [-0.3, -0.25) is 9.59 Å². The molecule has 2 aliphatic heterocycles. The lowest BCUT2D eigenvalue weighted by atomic mass is 10.1. The number of nitrogens with zero attached hydrogens (tertiary/aromatic N) is 3. The van der Waals surface area contributed by atoms with Crippen molar-refractivity contribution < 1.29 is 28.2 Å². The molecule has 0 radical (unpaired) electrons. The maximum atomic E-state index is 13.6. The van der Waals surface area contributed by atoms with Crippen LogP contribution in [-0.4, -0.2) is 71.8 Å². The normalized spacial score (nSPS) is 19.4. The number of aromatic nitrogens is 2. The lowest BCUT2D eigenvalue weighted by molar-refractivity contribution is -0.161. The minimum atomic E-state index is -0.514. The Morgan fingerprint density at radius 1 is 1.31 bits per heavy atom. The fraction of sp³-hybridized carbons (Fsp3) is 0.333. The lowest BCUT2D eigenvalue weighted by Crippen LogP contribution is -2.46. The minimum Gasteiger partial charge on any atom is -0.486 e. The molecule has 2 aliphatic rings. The van der Waals surface area contributed by atoms with Crippen LogP contribution in [0.4, 0.5) is 21.6 Å². The predicted molar refractivity (Wildman–Crippen MR) is 144 cm³/mol. The van der Waals surface area contributed by atoms with Crippen molar-refractivity contribution in [2.45, 2.75) is 25.6 Å². The van der Waals surface area contributed by atoms with E-state index >= 15 is 0 Å². The number of carbonyl (C=O) groups excluding carboxylic acids is 2. The maximum absolute atomic E-state index is 13.6. The Bertz CT molecular complexity index is 1410. The van der Waals surface area contributed by atoms with Crippen molar-refractivity contribution in [3.05, 3.63) is 59.7 Å². The summed E-state index contributed by atoms with van der Waals surface area (Å²) in [6, 6.07) is 7.99. The van der Waals surface area contributed by atoms with Crippen LogP contribution in [-0.2, 0) is 19.1 Å². The number of nitrogens with one attached hydrogen (secondary N) is 2. The van der Waals surface area contributed by atoms with E-state index in [1.807, 2.05) is 12.1 Å². The molecule has 2 N–H and O–H groups in total. The number of esters is 1. The van der Waals surface area contributed by atoms with Gasteiger partial charge >= 0.3 is 5.97 Å². The van der Waals surface area contributed by atoms with Gasteiger partial charge < -0.3 is 29.7 Å². The summed E-state index contributed by atoms with van der Waals surface area (Å²) in [4.78, 5) is 34.4. The topological polar surface area (TPSA) is 115 Å². The van der Waals surface area contributed by atoms with Crippen LogP contribution in [0.1, 0.15) is 13.3 Å². The second-order valence-corrected chi connectivity index (χ2v) is 9.65. The third-order valence-electron chi connectivity index (χ3n) is 6.21. The van der Waals surface area contributed by atoms with Gasteiger partial charge in [0, 0.05) is 36.2 Å². The van der Waals surface area contributed by atoms with E-state index in [1.54, 1.807) is 19.1 Å². The lowest BCUT2D eigenvalue weighted by Gasteiger charge is -2.29. The van der Waals surface area contributed by atoms with Gasteiger partial charge in [-0.25, -0.2) is 14.4 Å². The SMILES string of the molecule is CC1CN(C(=O)C=CCNc2cc3c(Nc4ccc(F)c(Cl)c4)ncnc3cc2OC2CCOC2)CC(=O)O1. The van der Waals surface area contributed by atoms with Gasteiger partial charge in [-0.2, -0.15) is 0 Å². The summed E-state index contributed by atoms with van der Waals surface area (Å²) in [5.74, 6) is -0.119. The number of hydrogen-bond acceptors (Lipinski definition) is 9. The molecule has 39 heavy (non-hydrogen) atoms. The molecule has 0 bridgehead atoms. The number of hydrogen-bond donors (Lipinski definition) is 2. The van der Waals surface area contributed by atoms with E-state index in [-0.39, 0.29) is 29.7 Å². The highest BCUT2D eigenvalue weighted by molar-refractivity contribution is 6.31. The number of carbonyl (C=O) groups is 2. The first-order valence-corrected chi connectivity index (χ1v) is 12.9. The molecular weight excluding hydrogens is 529 g/mol. The maximum Gasteiger partial charge on any atom is 0.325 e. The average molecular weight is 556 g/mol. The molecule has 12 heteroatoms. The summed E-state index contributed by atoms with van der Waals surface area (Å²) in [5, 5.41) is 7.15. The third-order valence-corrected chi connectivity index (χ3v) is 6.50. The summed E-state index contributed by atoms with van der Waals surface area (Å²) in [7, 11) is 0. The van der Waals surface area contributed by atoms with Crippen LogP contribution in [0.25, 0.3) is 10.9 Å². The van der Waals surface area contributed by atoms with Gasteiger partial charge in [0.15, 0.2) is 0 Å². The van der Waals surface area contributed by atoms with Crippen LogP contribution in [0, 0.1) is 5.82 Å². The number of halogens is 2. The van der Waals surface area contributed by atoms with Crippen molar-refractivity contribution in [1.29, 1.82) is 0 Å². The molecule has 204 valence electrons. The van der Waals surface area contributed by atoms with Gasteiger partial charge in [-0.1, -0.05) is 17.7 Å². The Balaban J connectivity index is 1.37. The monoisotopic (exact) mass is 555 g/mol. The van der Waals surface area contributed by atoms with Gasteiger partial charge in [0.25, 0.3) is 0 Å². The summed E-state index contributed by atoms with van der Waals surface area (Å²) >= 11 is 5.94. The van der Waals surface area contributed by atoms with Crippen molar-refractivity contribution in [3.8, 4) is 5.75 Å². The van der Waals surface area contributed by atoms with Crippen LogP contribution >= 0.6 is 11.6 Å². The third kappa shape index (κ3) is 6.55. The summed E-state index contributed by atoms with van der Waals surface area (Å²) in [6.07, 6.45) is 4.87. The Morgan fingerprint density at radius 3 is 2.95 bits per heavy atom. The number of anilines is 3. The number of rotatable bonds is 8. The number of fused-ring (bicyclic) bond motifs is 1. The zero-order valence-electron chi connectivity index (χ0n) is 21.2. The van der Waals surface area contributed by atoms with Crippen LogP contribution in [0.3, 0.4) is 0 Å². The van der Waals surface area contributed by atoms with Gasteiger partial charge in [0.2, 0.25) is 5.91 Å². The minimum absolute atomic E-state index is 0.00702. The second kappa shape index (κ2) is 11.8. The van der Waals surface area contributed by atoms with Crippen molar-refractivity contribution in [2.75, 3.05) is 43.5 Å². The van der Waals surface area contributed by atoms with E-state index in [9.17, 15) is 14.0 Å². The van der Waals surface area contributed by atoms with Gasteiger partial charge in [0.1, 0.15) is 42.5 Å². The largest absolute Gasteiger partial charge is 0.486 e. The molecule has 2 atom stereocenters. The molecule has 3 aromatic rings. The van der Waals surface area contributed by atoms with Crippen LogP contribution < -0.4 is 15.4 Å². The van der Waals surface area contributed by atoms with Crippen molar-refractivity contribution in [3.63, 3.8) is 0 Å². The highest BCUT2D eigenvalue weighted by atomic mass is 35.5. The number of cyclic esters (lactones) is 1. The first-order valence-electron chi connectivity index (χ1n) is 12.5. The molecule has 2 saturated heterocycles. The Labute approximate surface area is 229 Å². The second-order valence-electron chi connectivity index (χ2n) is 9.25. The first-order chi connectivity index (χ1) is 18.9.